The number of hydrogen-bond acceptors (Lipinski definition) is 5. The number of hydrogen-bond donors (Lipinski definition) is 2. The number of rotatable bonds is 5. The minimum absolute atomic E-state index is 0.0318. The summed E-state index contributed by atoms with van der Waals surface area (Å²) in [6.45, 7) is 1.69. The monoisotopic (exact) mass is 314 g/mol. The van der Waals surface area contributed by atoms with Crippen molar-refractivity contribution in [2.24, 2.45) is 5.10 Å². The van der Waals surface area contributed by atoms with E-state index in [-0.39, 0.29) is 11.7 Å². The van der Waals surface area contributed by atoms with Crippen molar-refractivity contribution in [2.45, 2.75) is 6.92 Å². The van der Waals surface area contributed by atoms with Crippen LogP contribution in [0, 0.1) is 0 Å². The van der Waals surface area contributed by atoms with E-state index < -0.39 is 0 Å². The summed E-state index contributed by atoms with van der Waals surface area (Å²) < 4.78 is 10.1. The predicted molar refractivity (Wildman–Crippen MR) is 87.3 cm³/mol. The molecule has 0 spiro atoms. The Labute approximate surface area is 134 Å². The molecule has 0 heterocycles. The molecule has 6 nitrogen and oxygen atoms in total. The fourth-order valence-electron chi connectivity index (χ4n) is 1.95. The van der Waals surface area contributed by atoms with Gasteiger partial charge >= 0.3 is 0 Å². The van der Waals surface area contributed by atoms with Gasteiger partial charge in [-0.1, -0.05) is 0 Å². The highest BCUT2D eigenvalue weighted by Crippen LogP contribution is 2.23. The highest BCUT2D eigenvalue weighted by atomic mass is 16.5. The van der Waals surface area contributed by atoms with Gasteiger partial charge in [-0.05, 0) is 43.3 Å². The lowest BCUT2D eigenvalue weighted by Gasteiger charge is -2.07. The quantitative estimate of drug-likeness (QED) is 0.656. The van der Waals surface area contributed by atoms with Crippen LogP contribution in [-0.2, 0) is 0 Å². The Morgan fingerprint density at radius 3 is 2.22 bits per heavy atom. The number of nitrogens with zero attached hydrogens (tertiary/aromatic N) is 1. The van der Waals surface area contributed by atoms with E-state index in [4.69, 9.17) is 9.47 Å². The van der Waals surface area contributed by atoms with E-state index in [2.05, 4.69) is 10.5 Å². The molecule has 120 valence electrons. The molecule has 0 saturated heterocycles. The van der Waals surface area contributed by atoms with Gasteiger partial charge in [0.1, 0.15) is 17.2 Å². The van der Waals surface area contributed by atoms with Crippen LogP contribution in [0.4, 0.5) is 0 Å². The minimum atomic E-state index is -0.347. The fraction of sp³-hybridized carbons (Fsp3) is 0.176. The number of benzene rings is 2. The van der Waals surface area contributed by atoms with E-state index in [1.165, 1.54) is 13.2 Å². The summed E-state index contributed by atoms with van der Waals surface area (Å²) in [4.78, 5) is 12.0. The summed E-state index contributed by atoms with van der Waals surface area (Å²) in [6.07, 6.45) is 0. The van der Waals surface area contributed by atoms with Crippen LogP contribution in [-0.4, -0.2) is 30.9 Å². The first kappa shape index (κ1) is 16.4. The van der Waals surface area contributed by atoms with E-state index in [1.807, 2.05) is 0 Å². The third-order valence-corrected chi connectivity index (χ3v) is 3.27. The molecule has 2 rings (SSSR count). The summed E-state index contributed by atoms with van der Waals surface area (Å²) in [7, 11) is 3.08. The average molecular weight is 314 g/mol. The van der Waals surface area contributed by atoms with Crippen molar-refractivity contribution in [3.05, 3.63) is 53.6 Å². The Bertz CT molecular complexity index is 724. The normalized spacial score (nSPS) is 11.0. The third kappa shape index (κ3) is 4.00. The van der Waals surface area contributed by atoms with Gasteiger partial charge in [0.15, 0.2) is 0 Å². The number of ether oxygens (including phenoxy) is 2. The number of nitrogens with one attached hydrogen (secondary N) is 1. The summed E-state index contributed by atoms with van der Waals surface area (Å²) in [5.74, 6) is 0.898. The molecular formula is C17H18N2O4. The first-order chi connectivity index (χ1) is 11.0. The number of carbonyl (C=O) groups is 1. The molecule has 0 radical (unpaired) electrons. The Morgan fingerprint density at radius 1 is 1.04 bits per heavy atom. The lowest BCUT2D eigenvalue weighted by atomic mass is 10.1. The maximum absolute atomic E-state index is 12.0. The smallest absolute Gasteiger partial charge is 0.271 e. The SMILES string of the molecule is COc1ccc(C(=O)N/N=C(\C)c2ccc(OC)cc2O)cc1. The first-order valence-corrected chi connectivity index (χ1v) is 6.91. The summed E-state index contributed by atoms with van der Waals surface area (Å²) in [5.41, 5.74) is 3.91. The highest BCUT2D eigenvalue weighted by Gasteiger charge is 2.08. The van der Waals surface area contributed by atoms with Crippen LogP contribution >= 0.6 is 0 Å². The van der Waals surface area contributed by atoms with Crippen LogP contribution in [0.25, 0.3) is 0 Å². The Hall–Kier alpha value is -3.02. The molecule has 0 aliphatic heterocycles. The second-order valence-corrected chi connectivity index (χ2v) is 4.75. The van der Waals surface area contributed by atoms with Crippen LogP contribution in [0.3, 0.4) is 0 Å². The Kier molecular flexibility index (Phi) is 5.19. The van der Waals surface area contributed by atoms with Crippen molar-refractivity contribution in [1.29, 1.82) is 0 Å². The molecule has 0 fully saturated rings. The van der Waals surface area contributed by atoms with Gasteiger partial charge in [0, 0.05) is 17.2 Å². The summed E-state index contributed by atoms with van der Waals surface area (Å²) in [5, 5.41) is 14.0. The van der Waals surface area contributed by atoms with Crippen molar-refractivity contribution < 1.29 is 19.4 Å². The van der Waals surface area contributed by atoms with Crippen LogP contribution in [0.1, 0.15) is 22.8 Å². The van der Waals surface area contributed by atoms with Gasteiger partial charge in [0.05, 0.1) is 19.9 Å². The molecule has 2 N–H and O–H groups in total. The molecular weight excluding hydrogens is 296 g/mol. The summed E-state index contributed by atoms with van der Waals surface area (Å²) >= 11 is 0. The zero-order valence-corrected chi connectivity index (χ0v) is 13.2. The zero-order chi connectivity index (χ0) is 16.8. The maximum Gasteiger partial charge on any atom is 0.271 e. The molecule has 1 amide bonds. The van der Waals surface area contributed by atoms with Crippen molar-refractivity contribution in [3.63, 3.8) is 0 Å². The van der Waals surface area contributed by atoms with E-state index in [1.54, 1.807) is 50.4 Å². The molecule has 23 heavy (non-hydrogen) atoms. The molecule has 0 aromatic heterocycles. The van der Waals surface area contributed by atoms with Gasteiger partial charge in [-0.15, -0.1) is 0 Å². The van der Waals surface area contributed by atoms with E-state index in [0.29, 0.717) is 28.3 Å². The van der Waals surface area contributed by atoms with E-state index in [9.17, 15) is 9.90 Å². The number of methoxy groups -OCH3 is 2. The molecule has 6 heteroatoms. The Balaban J connectivity index is 2.10. The minimum Gasteiger partial charge on any atom is -0.507 e. The summed E-state index contributed by atoms with van der Waals surface area (Å²) in [6, 6.07) is 11.5. The van der Waals surface area contributed by atoms with E-state index in [0.717, 1.165) is 0 Å². The van der Waals surface area contributed by atoms with Gasteiger partial charge in [-0.3, -0.25) is 4.79 Å². The van der Waals surface area contributed by atoms with Gasteiger partial charge in [-0.25, -0.2) is 5.43 Å². The molecule has 0 aliphatic carbocycles. The molecule has 2 aromatic carbocycles. The number of phenolic OH excluding ortho intramolecular Hbond substituents is 1. The molecule has 0 atom stereocenters. The molecule has 2 aromatic rings. The molecule has 0 unspecified atom stereocenters. The van der Waals surface area contributed by atoms with Crippen molar-refractivity contribution in [2.75, 3.05) is 14.2 Å². The van der Waals surface area contributed by atoms with E-state index >= 15 is 0 Å². The number of aromatic hydroxyl groups is 1. The predicted octanol–water partition coefficient (Wildman–Crippen LogP) is 2.56. The molecule has 0 saturated carbocycles. The standard InChI is InChI=1S/C17H18N2O4/c1-11(15-9-8-14(23-3)10-16(15)20)18-19-17(21)12-4-6-13(22-2)7-5-12/h4-10,20H,1-3H3,(H,19,21)/b18-11+. The van der Waals surface area contributed by atoms with Gasteiger partial charge in [0.25, 0.3) is 5.91 Å². The Morgan fingerprint density at radius 2 is 1.65 bits per heavy atom. The zero-order valence-electron chi connectivity index (χ0n) is 13.2. The molecule has 0 bridgehead atoms. The number of hydrazone groups is 1. The first-order valence-electron chi connectivity index (χ1n) is 6.91. The third-order valence-electron chi connectivity index (χ3n) is 3.27. The lowest BCUT2D eigenvalue weighted by Crippen LogP contribution is -2.19. The fourth-order valence-corrected chi connectivity index (χ4v) is 1.95. The largest absolute Gasteiger partial charge is 0.507 e. The van der Waals surface area contributed by atoms with Gasteiger partial charge < -0.3 is 14.6 Å². The van der Waals surface area contributed by atoms with Crippen molar-refractivity contribution >= 4 is 11.6 Å². The van der Waals surface area contributed by atoms with Crippen LogP contribution in [0.15, 0.2) is 47.6 Å². The number of amides is 1. The van der Waals surface area contributed by atoms with Crippen LogP contribution < -0.4 is 14.9 Å². The average Bonchev–Trinajstić information content (AvgIpc) is 2.59. The number of carbonyl (C=O) groups excluding carboxylic acids is 1. The lowest BCUT2D eigenvalue weighted by molar-refractivity contribution is 0.0955. The van der Waals surface area contributed by atoms with Crippen LogP contribution in [0.5, 0.6) is 17.2 Å². The second kappa shape index (κ2) is 7.31. The van der Waals surface area contributed by atoms with Crippen molar-refractivity contribution in [1.82, 2.24) is 5.43 Å². The van der Waals surface area contributed by atoms with Gasteiger partial charge in [-0.2, -0.15) is 5.10 Å². The molecule has 0 aliphatic rings. The van der Waals surface area contributed by atoms with Crippen LogP contribution in [0.2, 0.25) is 0 Å². The topological polar surface area (TPSA) is 80.2 Å². The van der Waals surface area contributed by atoms with Gasteiger partial charge in [0.2, 0.25) is 0 Å². The second-order valence-electron chi connectivity index (χ2n) is 4.75. The van der Waals surface area contributed by atoms with Crippen molar-refractivity contribution in [3.8, 4) is 17.2 Å². The maximum atomic E-state index is 12.0. The highest BCUT2D eigenvalue weighted by molar-refractivity contribution is 6.02. The number of phenols is 1.